The van der Waals surface area contributed by atoms with Crippen LogP contribution < -0.4 is 5.73 Å². The molecular weight excluding hydrogens is 213 g/mol. The van der Waals surface area contributed by atoms with Gasteiger partial charge in [0.2, 0.25) is 0 Å². The van der Waals surface area contributed by atoms with E-state index in [0.29, 0.717) is 10.4 Å². The van der Waals surface area contributed by atoms with Gasteiger partial charge in [-0.25, -0.2) is 4.39 Å². The van der Waals surface area contributed by atoms with Crippen molar-refractivity contribution < 1.29 is 4.39 Å². The van der Waals surface area contributed by atoms with E-state index in [2.05, 4.69) is 0 Å². The summed E-state index contributed by atoms with van der Waals surface area (Å²) in [6.45, 7) is 0.752. The number of nitrogens with two attached hydrogens (primary N) is 1. The number of hydrogen-bond donors (Lipinski definition) is 1. The van der Waals surface area contributed by atoms with Gasteiger partial charge in [0.25, 0.3) is 0 Å². The third-order valence-corrected chi connectivity index (χ3v) is 4.48. The molecule has 3 aliphatic carbocycles. The maximum atomic E-state index is 13.3. The van der Waals surface area contributed by atoms with Crippen LogP contribution in [0.4, 0.5) is 4.39 Å². The lowest BCUT2D eigenvalue weighted by atomic mass is 9.33. The van der Waals surface area contributed by atoms with Crippen LogP contribution >= 0.6 is 11.6 Å². The van der Waals surface area contributed by atoms with Gasteiger partial charge < -0.3 is 5.73 Å². The molecule has 0 saturated heterocycles. The first-order valence-corrected chi connectivity index (χ1v) is 5.63. The quantitative estimate of drug-likeness (QED) is 0.823. The fourth-order valence-corrected chi connectivity index (χ4v) is 3.74. The molecule has 0 unspecified atom stereocenters. The Balaban J connectivity index is 1.94. The van der Waals surface area contributed by atoms with Crippen LogP contribution in [0.5, 0.6) is 0 Å². The molecule has 0 aromatic heterocycles. The molecule has 0 heterocycles. The number of hydrogen-bond acceptors (Lipinski definition) is 1. The average Bonchev–Trinajstić information content (AvgIpc) is 2.08. The van der Waals surface area contributed by atoms with E-state index in [-0.39, 0.29) is 11.2 Å². The fourth-order valence-electron chi connectivity index (χ4n) is 3.41. The Hall–Kier alpha value is -0.600. The van der Waals surface area contributed by atoms with Gasteiger partial charge in [-0.15, -0.1) is 0 Å². The molecule has 2 bridgehead atoms. The van der Waals surface area contributed by atoms with Crippen molar-refractivity contribution >= 4 is 11.6 Å². The molecule has 80 valence electrons. The van der Waals surface area contributed by atoms with E-state index in [4.69, 9.17) is 17.3 Å². The first-order chi connectivity index (χ1) is 7.11. The lowest BCUT2D eigenvalue weighted by Crippen LogP contribution is -2.67. The van der Waals surface area contributed by atoms with Crippen molar-refractivity contribution in [3.8, 4) is 0 Å². The maximum Gasteiger partial charge on any atom is 0.142 e. The van der Waals surface area contributed by atoms with Gasteiger partial charge in [0.15, 0.2) is 0 Å². The normalized spacial score (nSPS) is 37.0. The number of benzene rings is 1. The second kappa shape index (κ2) is 2.74. The van der Waals surface area contributed by atoms with Crippen molar-refractivity contribution in [2.45, 2.75) is 24.7 Å². The zero-order valence-electron chi connectivity index (χ0n) is 8.39. The summed E-state index contributed by atoms with van der Waals surface area (Å²) in [6.07, 6.45) is 3.25. The van der Waals surface area contributed by atoms with Crippen LogP contribution in [0.1, 0.15) is 24.8 Å². The van der Waals surface area contributed by atoms with Crippen molar-refractivity contribution in [1.29, 1.82) is 0 Å². The first-order valence-electron chi connectivity index (χ1n) is 5.26. The minimum absolute atomic E-state index is 0.151. The van der Waals surface area contributed by atoms with Gasteiger partial charge in [-0.1, -0.05) is 23.7 Å². The largest absolute Gasteiger partial charge is 0.330 e. The SMILES string of the molecule is NCC12CC(c3cccc(F)c3Cl)(C1)C2. The van der Waals surface area contributed by atoms with E-state index < -0.39 is 0 Å². The molecule has 0 spiro atoms. The van der Waals surface area contributed by atoms with Gasteiger partial charge in [-0.05, 0) is 48.3 Å². The van der Waals surface area contributed by atoms with Gasteiger partial charge in [-0.2, -0.15) is 0 Å². The summed E-state index contributed by atoms with van der Waals surface area (Å²) < 4.78 is 13.3. The lowest BCUT2D eigenvalue weighted by molar-refractivity contribution is -0.132. The first kappa shape index (κ1) is 9.61. The predicted molar refractivity (Wildman–Crippen MR) is 58.4 cm³/mol. The zero-order chi connectivity index (χ0) is 10.7. The average molecular weight is 226 g/mol. The van der Waals surface area contributed by atoms with E-state index in [1.54, 1.807) is 6.07 Å². The van der Waals surface area contributed by atoms with E-state index in [1.165, 1.54) is 6.07 Å². The Labute approximate surface area is 93.4 Å². The summed E-state index contributed by atoms with van der Waals surface area (Å²) in [5, 5.41) is 0.308. The highest BCUT2D eigenvalue weighted by molar-refractivity contribution is 6.31. The summed E-state index contributed by atoms with van der Waals surface area (Å²) in [6, 6.07) is 5.10. The summed E-state index contributed by atoms with van der Waals surface area (Å²) in [7, 11) is 0. The monoisotopic (exact) mass is 225 g/mol. The Morgan fingerprint density at radius 3 is 2.60 bits per heavy atom. The second-order valence-corrected chi connectivity index (χ2v) is 5.49. The van der Waals surface area contributed by atoms with Crippen LogP contribution in [0.3, 0.4) is 0 Å². The Morgan fingerprint density at radius 1 is 1.33 bits per heavy atom. The van der Waals surface area contributed by atoms with Gasteiger partial charge in [0.1, 0.15) is 5.82 Å². The molecule has 1 aromatic carbocycles. The molecule has 1 nitrogen and oxygen atoms in total. The fraction of sp³-hybridized carbons (Fsp3) is 0.500. The smallest absolute Gasteiger partial charge is 0.142 e. The third kappa shape index (κ3) is 1.07. The zero-order valence-corrected chi connectivity index (χ0v) is 9.15. The van der Waals surface area contributed by atoms with E-state index in [1.807, 2.05) is 6.07 Å². The highest BCUT2D eigenvalue weighted by atomic mass is 35.5. The molecule has 3 aliphatic rings. The highest BCUT2D eigenvalue weighted by Crippen LogP contribution is 2.73. The van der Waals surface area contributed by atoms with E-state index in [9.17, 15) is 4.39 Å². The number of rotatable bonds is 2. The Bertz CT molecular complexity index is 410. The van der Waals surface area contributed by atoms with Crippen LogP contribution in [0.2, 0.25) is 5.02 Å². The van der Waals surface area contributed by atoms with Crippen LogP contribution in [0.25, 0.3) is 0 Å². The van der Waals surface area contributed by atoms with Crippen LogP contribution in [-0.2, 0) is 5.41 Å². The molecule has 15 heavy (non-hydrogen) atoms. The van der Waals surface area contributed by atoms with Crippen molar-refractivity contribution in [1.82, 2.24) is 0 Å². The van der Waals surface area contributed by atoms with Crippen molar-refractivity contribution in [3.05, 3.63) is 34.6 Å². The molecule has 0 amide bonds. The van der Waals surface area contributed by atoms with Gasteiger partial charge in [-0.3, -0.25) is 0 Å². The Kier molecular flexibility index (Phi) is 1.76. The summed E-state index contributed by atoms with van der Waals surface area (Å²) in [5.74, 6) is -0.305. The van der Waals surface area contributed by atoms with E-state index in [0.717, 1.165) is 31.4 Å². The molecule has 3 fully saturated rings. The van der Waals surface area contributed by atoms with Crippen LogP contribution in [0.15, 0.2) is 18.2 Å². The van der Waals surface area contributed by atoms with Gasteiger partial charge >= 0.3 is 0 Å². The van der Waals surface area contributed by atoms with E-state index >= 15 is 0 Å². The topological polar surface area (TPSA) is 26.0 Å². The molecule has 1 aromatic rings. The maximum absolute atomic E-state index is 13.3. The molecular formula is C12H13ClFN. The second-order valence-electron chi connectivity index (χ2n) is 5.12. The van der Waals surface area contributed by atoms with Gasteiger partial charge in [0, 0.05) is 0 Å². The standard InChI is InChI=1S/C12H13ClFN/c13-10-8(2-1-3-9(10)14)12-4-11(5-12,6-12)7-15/h1-3H,4-7,15H2. The van der Waals surface area contributed by atoms with Crippen LogP contribution in [0, 0.1) is 11.2 Å². The highest BCUT2D eigenvalue weighted by Gasteiger charge is 2.67. The molecule has 0 radical (unpaired) electrons. The molecule has 2 N–H and O–H groups in total. The minimum atomic E-state index is -0.305. The predicted octanol–water partition coefficient (Wildman–Crippen LogP) is 2.86. The molecule has 4 rings (SSSR count). The summed E-state index contributed by atoms with van der Waals surface area (Å²) >= 11 is 6.00. The molecule has 3 heteroatoms. The van der Waals surface area contributed by atoms with Crippen molar-refractivity contribution in [3.63, 3.8) is 0 Å². The molecule has 0 atom stereocenters. The van der Waals surface area contributed by atoms with Crippen molar-refractivity contribution in [2.75, 3.05) is 6.54 Å². The van der Waals surface area contributed by atoms with Gasteiger partial charge in [0.05, 0.1) is 5.02 Å². The summed E-state index contributed by atoms with van der Waals surface area (Å²) in [5.41, 5.74) is 7.20. The number of halogens is 2. The van der Waals surface area contributed by atoms with Crippen molar-refractivity contribution in [2.24, 2.45) is 11.1 Å². The Morgan fingerprint density at radius 2 is 2.00 bits per heavy atom. The molecule has 0 aliphatic heterocycles. The molecule has 3 saturated carbocycles. The minimum Gasteiger partial charge on any atom is -0.330 e. The lowest BCUT2D eigenvalue weighted by Gasteiger charge is -2.71. The third-order valence-electron chi connectivity index (χ3n) is 4.10. The van der Waals surface area contributed by atoms with Crippen LogP contribution in [-0.4, -0.2) is 6.54 Å². The summed E-state index contributed by atoms with van der Waals surface area (Å²) in [4.78, 5) is 0.